The van der Waals surface area contributed by atoms with Crippen molar-refractivity contribution in [2.45, 2.75) is 4.21 Å². The summed E-state index contributed by atoms with van der Waals surface area (Å²) in [5, 5.41) is 0.842. The van der Waals surface area contributed by atoms with E-state index in [0.29, 0.717) is 16.7 Å². The third-order valence-electron chi connectivity index (χ3n) is 4.02. The van der Waals surface area contributed by atoms with Gasteiger partial charge in [-0.1, -0.05) is 78.9 Å². The molecule has 0 unspecified atom stereocenters. The molecule has 0 bridgehead atoms. The van der Waals surface area contributed by atoms with Crippen molar-refractivity contribution in [2.75, 3.05) is 0 Å². The van der Waals surface area contributed by atoms with Crippen LogP contribution in [0.15, 0.2) is 89.1 Å². The summed E-state index contributed by atoms with van der Waals surface area (Å²) in [6, 6.07) is 26.2. The van der Waals surface area contributed by atoms with E-state index in [1.165, 1.54) is 11.3 Å². The summed E-state index contributed by atoms with van der Waals surface area (Å²) in [5.74, 6) is -0.0496. The van der Waals surface area contributed by atoms with Gasteiger partial charge in [-0.2, -0.15) is 0 Å². The molecule has 2 nitrogen and oxygen atoms in total. The number of rotatable bonds is 4. The Hall–Kier alpha value is -2.69. The van der Waals surface area contributed by atoms with Crippen molar-refractivity contribution in [3.05, 3.63) is 102 Å². The third-order valence-corrected chi connectivity index (χ3v) is 6.30. The van der Waals surface area contributed by atoms with Crippen LogP contribution in [-0.2, 0) is 0 Å². The van der Waals surface area contributed by atoms with Crippen LogP contribution in [0.2, 0.25) is 0 Å². The van der Waals surface area contributed by atoms with Crippen molar-refractivity contribution in [1.29, 1.82) is 0 Å². The summed E-state index contributed by atoms with van der Waals surface area (Å²) in [6.07, 6.45) is 0. The van der Waals surface area contributed by atoms with E-state index in [2.05, 4.69) is 0 Å². The van der Waals surface area contributed by atoms with E-state index in [1.54, 1.807) is 12.1 Å². The highest BCUT2D eigenvalue weighted by Crippen LogP contribution is 2.40. The first-order valence-electron chi connectivity index (χ1n) is 8.12. The molecule has 1 aromatic heterocycles. The molecule has 0 saturated carbocycles. The maximum atomic E-state index is 13.1. The van der Waals surface area contributed by atoms with Gasteiger partial charge in [0.05, 0.1) is 9.77 Å². The van der Waals surface area contributed by atoms with Crippen molar-refractivity contribution in [1.82, 2.24) is 0 Å². The van der Waals surface area contributed by atoms with E-state index in [-0.39, 0.29) is 10.9 Å². The molecule has 126 valence electrons. The summed E-state index contributed by atoms with van der Waals surface area (Å²) in [4.78, 5) is 25.8. The van der Waals surface area contributed by atoms with Gasteiger partial charge >= 0.3 is 0 Å². The molecular formula is C22H14O2S2. The lowest BCUT2D eigenvalue weighted by atomic mass is 10.0. The van der Waals surface area contributed by atoms with Gasteiger partial charge in [-0.3, -0.25) is 9.59 Å². The first kappa shape index (κ1) is 16.8. The van der Waals surface area contributed by atoms with E-state index in [0.717, 1.165) is 26.1 Å². The second-order valence-corrected chi connectivity index (χ2v) is 8.01. The molecule has 0 aliphatic heterocycles. The standard InChI is InChI=1S/C22H14O2S2/c23-20(15-9-3-1-4-10-15)19-17-13-7-8-14-18(17)25-22(19)26-21(24)16-11-5-2-6-12-16/h1-14H. The molecule has 0 aliphatic rings. The Bertz CT molecular complexity index is 1080. The average molecular weight is 374 g/mol. The maximum Gasteiger partial charge on any atom is 0.224 e. The molecule has 1 heterocycles. The number of thioether (sulfide) groups is 1. The Morgan fingerprint density at radius 1 is 0.692 bits per heavy atom. The predicted octanol–water partition coefficient (Wildman–Crippen LogP) is 6.06. The number of fused-ring (bicyclic) bond motifs is 1. The summed E-state index contributed by atoms with van der Waals surface area (Å²) in [6.45, 7) is 0. The largest absolute Gasteiger partial charge is 0.289 e. The van der Waals surface area contributed by atoms with Crippen LogP contribution in [0, 0.1) is 0 Å². The zero-order chi connectivity index (χ0) is 17.9. The predicted molar refractivity (Wildman–Crippen MR) is 108 cm³/mol. The smallest absolute Gasteiger partial charge is 0.224 e. The van der Waals surface area contributed by atoms with E-state index in [1.807, 2.05) is 72.8 Å². The topological polar surface area (TPSA) is 34.1 Å². The quantitative estimate of drug-likeness (QED) is 0.321. The van der Waals surface area contributed by atoms with Crippen molar-refractivity contribution in [3.63, 3.8) is 0 Å². The van der Waals surface area contributed by atoms with Crippen LogP contribution in [0.1, 0.15) is 26.3 Å². The lowest BCUT2D eigenvalue weighted by Gasteiger charge is -2.04. The minimum absolute atomic E-state index is 0.0496. The number of thiophene rings is 1. The molecule has 4 rings (SSSR count). The van der Waals surface area contributed by atoms with E-state index < -0.39 is 0 Å². The lowest BCUT2D eigenvalue weighted by Crippen LogP contribution is -2.02. The molecule has 0 spiro atoms. The Kier molecular flexibility index (Phi) is 4.69. The Morgan fingerprint density at radius 3 is 1.96 bits per heavy atom. The van der Waals surface area contributed by atoms with Gasteiger partial charge in [0.25, 0.3) is 0 Å². The fourth-order valence-corrected chi connectivity index (χ4v) is 5.08. The van der Waals surface area contributed by atoms with Crippen LogP contribution in [0.5, 0.6) is 0 Å². The zero-order valence-electron chi connectivity index (χ0n) is 13.7. The molecule has 0 N–H and O–H groups in total. The van der Waals surface area contributed by atoms with Crippen molar-refractivity contribution >= 4 is 44.1 Å². The highest BCUT2D eigenvalue weighted by atomic mass is 32.2. The van der Waals surface area contributed by atoms with Gasteiger partial charge in [-0.15, -0.1) is 11.3 Å². The van der Waals surface area contributed by atoms with Crippen molar-refractivity contribution in [3.8, 4) is 0 Å². The van der Waals surface area contributed by atoms with Crippen LogP contribution in [0.3, 0.4) is 0 Å². The van der Waals surface area contributed by atoms with Crippen LogP contribution in [0.25, 0.3) is 10.1 Å². The summed E-state index contributed by atoms with van der Waals surface area (Å²) in [7, 11) is 0. The highest BCUT2D eigenvalue weighted by molar-refractivity contribution is 8.15. The van der Waals surface area contributed by atoms with Gasteiger partial charge in [-0.05, 0) is 17.8 Å². The van der Waals surface area contributed by atoms with Gasteiger partial charge in [0.2, 0.25) is 5.12 Å². The minimum Gasteiger partial charge on any atom is -0.289 e. The number of carbonyl (C=O) groups excluding carboxylic acids is 2. The fraction of sp³-hybridized carbons (Fsp3) is 0. The fourth-order valence-electron chi connectivity index (χ4n) is 2.76. The lowest BCUT2D eigenvalue weighted by molar-refractivity contribution is 0.103. The first-order valence-corrected chi connectivity index (χ1v) is 9.76. The maximum absolute atomic E-state index is 13.1. The van der Waals surface area contributed by atoms with Crippen molar-refractivity contribution in [2.24, 2.45) is 0 Å². The number of benzene rings is 3. The molecule has 0 aliphatic carbocycles. The third kappa shape index (κ3) is 3.21. The normalized spacial score (nSPS) is 10.8. The zero-order valence-corrected chi connectivity index (χ0v) is 15.3. The average Bonchev–Trinajstić information content (AvgIpc) is 3.06. The SMILES string of the molecule is O=C(Sc1sc2ccccc2c1C(=O)c1ccccc1)c1ccccc1. The highest BCUT2D eigenvalue weighted by Gasteiger charge is 2.22. The van der Waals surface area contributed by atoms with Gasteiger partial charge in [0, 0.05) is 21.2 Å². The molecule has 26 heavy (non-hydrogen) atoms. The molecule has 0 saturated heterocycles. The summed E-state index contributed by atoms with van der Waals surface area (Å²) < 4.78 is 1.75. The number of hydrogen-bond acceptors (Lipinski definition) is 4. The van der Waals surface area contributed by atoms with Gasteiger partial charge in [-0.25, -0.2) is 0 Å². The molecule has 3 aromatic carbocycles. The van der Waals surface area contributed by atoms with Crippen LogP contribution in [0.4, 0.5) is 0 Å². The molecule has 4 heteroatoms. The monoisotopic (exact) mass is 374 g/mol. The number of hydrogen-bond donors (Lipinski definition) is 0. The Balaban J connectivity index is 1.80. The Labute approximate surface area is 159 Å². The molecule has 0 fully saturated rings. The molecule has 0 radical (unpaired) electrons. The minimum atomic E-state index is -0.0562. The van der Waals surface area contributed by atoms with Gasteiger partial charge in [0.15, 0.2) is 5.78 Å². The molecule has 0 atom stereocenters. The number of carbonyl (C=O) groups is 2. The Morgan fingerprint density at radius 2 is 1.27 bits per heavy atom. The summed E-state index contributed by atoms with van der Waals surface area (Å²) in [5.41, 5.74) is 1.88. The van der Waals surface area contributed by atoms with Crippen LogP contribution >= 0.6 is 23.1 Å². The summed E-state index contributed by atoms with van der Waals surface area (Å²) >= 11 is 2.62. The van der Waals surface area contributed by atoms with Crippen molar-refractivity contribution < 1.29 is 9.59 Å². The molecule has 4 aromatic rings. The second-order valence-electron chi connectivity index (χ2n) is 5.71. The van der Waals surface area contributed by atoms with Crippen LogP contribution in [-0.4, -0.2) is 10.9 Å². The van der Waals surface area contributed by atoms with E-state index >= 15 is 0 Å². The van der Waals surface area contributed by atoms with E-state index in [9.17, 15) is 9.59 Å². The molecular weight excluding hydrogens is 360 g/mol. The van der Waals surface area contributed by atoms with E-state index in [4.69, 9.17) is 0 Å². The van der Waals surface area contributed by atoms with Gasteiger partial charge < -0.3 is 0 Å². The number of ketones is 1. The van der Waals surface area contributed by atoms with Gasteiger partial charge in [0.1, 0.15) is 0 Å². The van der Waals surface area contributed by atoms with Crippen LogP contribution < -0.4 is 0 Å². The second kappa shape index (κ2) is 7.28. The molecule has 0 amide bonds. The first-order chi connectivity index (χ1) is 12.7.